The summed E-state index contributed by atoms with van der Waals surface area (Å²) in [6, 6.07) is 0. The molecule has 3 nitrogen and oxygen atoms in total. The van der Waals surface area contributed by atoms with Crippen molar-refractivity contribution in [3.63, 3.8) is 0 Å². The van der Waals surface area contributed by atoms with Crippen LogP contribution >= 0.6 is 0 Å². The van der Waals surface area contributed by atoms with E-state index in [-0.39, 0.29) is 12.4 Å². The van der Waals surface area contributed by atoms with Crippen molar-refractivity contribution in [1.29, 1.82) is 0 Å². The lowest BCUT2D eigenvalue weighted by molar-refractivity contribution is -0.147. The number of ether oxygens (including phenoxy) is 2. The molecule has 0 aromatic carbocycles. The highest BCUT2D eigenvalue weighted by atomic mass is 16.7. The second-order valence-corrected chi connectivity index (χ2v) is 3.90. The molecular formula is C12H20O3. The van der Waals surface area contributed by atoms with Gasteiger partial charge in [-0.1, -0.05) is 12.3 Å². The van der Waals surface area contributed by atoms with Gasteiger partial charge in [-0.05, 0) is 19.8 Å². The van der Waals surface area contributed by atoms with E-state index >= 15 is 0 Å². The van der Waals surface area contributed by atoms with Crippen LogP contribution in [-0.4, -0.2) is 30.7 Å². The molecule has 0 radical (unpaired) electrons. The Labute approximate surface area is 91.8 Å². The van der Waals surface area contributed by atoms with Gasteiger partial charge in [0.1, 0.15) is 6.61 Å². The fourth-order valence-corrected chi connectivity index (χ4v) is 1.68. The zero-order valence-electron chi connectivity index (χ0n) is 9.42. The first-order chi connectivity index (χ1) is 7.27. The fourth-order valence-electron chi connectivity index (χ4n) is 1.68. The molecule has 0 aromatic heterocycles. The summed E-state index contributed by atoms with van der Waals surface area (Å²) in [4.78, 5) is 0. The van der Waals surface area contributed by atoms with E-state index in [0.717, 1.165) is 45.3 Å². The molecule has 1 saturated heterocycles. The first kappa shape index (κ1) is 12.5. The highest BCUT2D eigenvalue weighted by Gasteiger charge is 2.29. The summed E-state index contributed by atoms with van der Waals surface area (Å²) in [7, 11) is 0. The third kappa shape index (κ3) is 5.17. The normalized spacial score (nSPS) is 18.5. The van der Waals surface area contributed by atoms with E-state index in [1.54, 1.807) is 0 Å². The summed E-state index contributed by atoms with van der Waals surface area (Å²) in [5.41, 5.74) is 0. The smallest absolute Gasteiger partial charge is 0.165 e. The highest BCUT2D eigenvalue weighted by molar-refractivity contribution is 4.98. The lowest BCUT2D eigenvalue weighted by atomic mass is 10.1. The molecule has 1 heterocycles. The number of hydrogen-bond donors (Lipinski definition) is 1. The van der Waals surface area contributed by atoms with Gasteiger partial charge in [0.05, 0.1) is 13.2 Å². The van der Waals surface area contributed by atoms with Gasteiger partial charge in [-0.15, -0.1) is 5.92 Å². The molecule has 1 aliphatic rings. The van der Waals surface area contributed by atoms with Gasteiger partial charge in [0.25, 0.3) is 0 Å². The van der Waals surface area contributed by atoms with Crippen molar-refractivity contribution in [2.75, 3.05) is 19.8 Å². The van der Waals surface area contributed by atoms with Crippen LogP contribution in [0.4, 0.5) is 0 Å². The van der Waals surface area contributed by atoms with Gasteiger partial charge in [-0.3, -0.25) is 0 Å². The maximum atomic E-state index is 8.44. The van der Waals surface area contributed by atoms with Crippen molar-refractivity contribution in [1.82, 2.24) is 0 Å². The predicted octanol–water partition coefficient (Wildman–Crippen LogP) is 1.70. The second kappa shape index (κ2) is 6.84. The van der Waals surface area contributed by atoms with Gasteiger partial charge in [0.2, 0.25) is 0 Å². The number of unbranched alkanes of at least 4 members (excludes halogenated alkanes) is 3. The summed E-state index contributed by atoms with van der Waals surface area (Å²) in [6.07, 6.45) is 5.17. The summed E-state index contributed by atoms with van der Waals surface area (Å²) >= 11 is 0. The Morgan fingerprint density at radius 2 is 1.87 bits per heavy atom. The molecule has 0 spiro atoms. The van der Waals surface area contributed by atoms with E-state index in [1.165, 1.54) is 0 Å². The van der Waals surface area contributed by atoms with E-state index in [4.69, 9.17) is 14.6 Å². The van der Waals surface area contributed by atoms with E-state index in [0.29, 0.717) is 0 Å². The molecule has 1 N–H and O–H groups in total. The predicted molar refractivity (Wildman–Crippen MR) is 58.3 cm³/mol. The quantitative estimate of drug-likeness (QED) is 0.557. The summed E-state index contributed by atoms with van der Waals surface area (Å²) < 4.78 is 11.0. The Bertz CT molecular complexity index is 221. The maximum absolute atomic E-state index is 8.44. The molecular weight excluding hydrogens is 192 g/mol. The van der Waals surface area contributed by atoms with Crippen LogP contribution in [0.25, 0.3) is 0 Å². The highest BCUT2D eigenvalue weighted by Crippen LogP contribution is 2.25. The van der Waals surface area contributed by atoms with E-state index in [9.17, 15) is 0 Å². The number of hydrogen-bond acceptors (Lipinski definition) is 3. The van der Waals surface area contributed by atoms with Crippen LogP contribution in [0.5, 0.6) is 0 Å². The minimum absolute atomic E-state index is 0.0280. The van der Waals surface area contributed by atoms with E-state index in [1.807, 2.05) is 6.92 Å². The topological polar surface area (TPSA) is 38.7 Å². The number of aliphatic hydroxyl groups is 1. The van der Waals surface area contributed by atoms with Gasteiger partial charge in [0, 0.05) is 12.8 Å². The van der Waals surface area contributed by atoms with Crippen LogP contribution in [0.1, 0.15) is 39.0 Å². The SMILES string of the molecule is CC1(CCCCCC#CCO)OCCO1. The molecule has 86 valence electrons. The van der Waals surface area contributed by atoms with Crippen molar-refractivity contribution in [2.24, 2.45) is 0 Å². The molecule has 15 heavy (non-hydrogen) atoms. The molecule has 0 aliphatic carbocycles. The minimum Gasteiger partial charge on any atom is -0.384 e. The molecule has 1 aliphatic heterocycles. The Kier molecular flexibility index (Phi) is 5.70. The monoisotopic (exact) mass is 212 g/mol. The van der Waals surface area contributed by atoms with Gasteiger partial charge < -0.3 is 14.6 Å². The van der Waals surface area contributed by atoms with Crippen LogP contribution in [-0.2, 0) is 9.47 Å². The Morgan fingerprint density at radius 1 is 1.13 bits per heavy atom. The summed E-state index contributed by atoms with van der Waals surface area (Å²) in [5.74, 6) is 5.22. The number of aliphatic hydroxyl groups excluding tert-OH is 1. The van der Waals surface area contributed by atoms with Crippen molar-refractivity contribution in [3.8, 4) is 11.8 Å². The fraction of sp³-hybridized carbons (Fsp3) is 0.833. The zero-order valence-corrected chi connectivity index (χ0v) is 9.42. The van der Waals surface area contributed by atoms with Crippen LogP contribution in [0.2, 0.25) is 0 Å². The Hall–Kier alpha value is -0.560. The lowest BCUT2D eigenvalue weighted by Crippen LogP contribution is -2.24. The van der Waals surface area contributed by atoms with Crippen LogP contribution in [0, 0.1) is 11.8 Å². The molecule has 0 atom stereocenters. The standard InChI is InChI=1S/C12H20O3/c1-12(14-10-11-15-12)8-6-4-2-3-5-7-9-13/h13H,2-4,6,8-11H2,1H3. The molecule has 0 aromatic rings. The van der Waals surface area contributed by atoms with E-state index in [2.05, 4.69) is 11.8 Å². The van der Waals surface area contributed by atoms with Gasteiger partial charge in [0.15, 0.2) is 5.79 Å². The molecule has 0 amide bonds. The van der Waals surface area contributed by atoms with Crippen LogP contribution < -0.4 is 0 Å². The average molecular weight is 212 g/mol. The van der Waals surface area contributed by atoms with Crippen molar-refractivity contribution >= 4 is 0 Å². The largest absolute Gasteiger partial charge is 0.384 e. The third-order valence-electron chi connectivity index (χ3n) is 2.53. The van der Waals surface area contributed by atoms with Gasteiger partial charge in [-0.2, -0.15) is 0 Å². The Balaban J connectivity index is 1.97. The first-order valence-corrected chi connectivity index (χ1v) is 5.61. The molecule has 3 heteroatoms. The van der Waals surface area contributed by atoms with Crippen LogP contribution in [0.15, 0.2) is 0 Å². The first-order valence-electron chi connectivity index (χ1n) is 5.61. The molecule has 0 unspecified atom stereocenters. The van der Waals surface area contributed by atoms with Crippen molar-refractivity contribution in [3.05, 3.63) is 0 Å². The molecule has 1 fully saturated rings. The van der Waals surface area contributed by atoms with Crippen LogP contribution in [0.3, 0.4) is 0 Å². The van der Waals surface area contributed by atoms with Gasteiger partial charge in [-0.25, -0.2) is 0 Å². The third-order valence-corrected chi connectivity index (χ3v) is 2.53. The molecule has 1 rings (SSSR count). The molecule has 0 saturated carbocycles. The van der Waals surface area contributed by atoms with Gasteiger partial charge >= 0.3 is 0 Å². The second-order valence-electron chi connectivity index (χ2n) is 3.90. The minimum atomic E-state index is -0.337. The summed E-state index contributed by atoms with van der Waals surface area (Å²) in [6.45, 7) is 3.42. The number of rotatable bonds is 5. The Morgan fingerprint density at radius 3 is 2.53 bits per heavy atom. The van der Waals surface area contributed by atoms with Crippen molar-refractivity contribution in [2.45, 2.75) is 44.8 Å². The zero-order chi connectivity index (χ0) is 11.0. The van der Waals surface area contributed by atoms with E-state index < -0.39 is 0 Å². The lowest BCUT2D eigenvalue weighted by Gasteiger charge is -2.21. The maximum Gasteiger partial charge on any atom is 0.165 e. The average Bonchev–Trinajstić information content (AvgIpc) is 2.64. The molecule has 0 bridgehead atoms. The summed E-state index contributed by atoms with van der Waals surface area (Å²) in [5, 5.41) is 8.44. The van der Waals surface area contributed by atoms with Crippen molar-refractivity contribution < 1.29 is 14.6 Å².